The molecule has 3 nitrogen and oxygen atoms in total. The molecule has 1 atom stereocenters. The minimum absolute atomic E-state index is 0.193. The molecule has 1 unspecified atom stereocenters. The largest absolute Gasteiger partial charge is 0.325 e. The van der Waals surface area contributed by atoms with Crippen molar-refractivity contribution in [1.29, 1.82) is 0 Å². The second-order valence-corrected chi connectivity index (χ2v) is 8.26. The predicted octanol–water partition coefficient (Wildman–Crippen LogP) is 3.68. The van der Waals surface area contributed by atoms with E-state index in [0.29, 0.717) is 17.2 Å². The predicted molar refractivity (Wildman–Crippen MR) is 85.9 cm³/mol. The molecule has 0 aromatic carbocycles. The summed E-state index contributed by atoms with van der Waals surface area (Å²) >= 11 is 0. The molecule has 3 heteroatoms. The van der Waals surface area contributed by atoms with Crippen molar-refractivity contribution >= 4 is 5.91 Å². The number of carbonyl (C=O) groups is 1. The van der Waals surface area contributed by atoms with Gasteiger partial charge in [0.15, 0.2) is 0 Å². The van der Waals surface area contributed by atoms with Crippen LogP contribution in [0.1, 0.15) is 78.6 Å². The molecule has 3 fully saturated rings. The van der Waals surface area contributed by atoms with Crippen molar-refractivity contribution in [3.8, 4) is 0 Å². The molecule has 2 aliphatic carbocycles. The van der Waals surface area contributed by atoms with E-state index in [1.165, 1.54) is 38.5 Å². The summed E-state index contributed by atoms with van der Waals surface area (Å²) < 4.78 is 0. The van der Waals surface area contributed by atoms with Crippen molar-refractivity contribution in [3.63, 3.8) is 0 Å². The fourth-order valence-corrected chi connectivity index (χ4v) is 4.58. The van der Waals surface area contributed by atoms with Crippen LogP contribution in [-0.4, -0.2) is 29.1 Å². The highest BCUT2D eigenvalue weighted by Crippen LogP contribution is 2.51. The van der Waals surface area contributed by atoms with Gasteiger partial charge in [0.1, 0.15) is 0 Å². The van der Waals surface area contributed by atoms with E-state index in [2.05, 4.69) is 31.0 Å². The Morgan fingerprint density at radius 2 is 1.90 bits per heavy atom. The van der Waals surface area contributed by atoms with Crippen molar-refractivity contribution in [2.75, 3.05) is 6.54 Å². The van der Waals surface area contributed by atoms with Gasteiger partial charge in [0.05, 0.1) is 11.7 Å². The van der Waals surface area contributed by atoms with Crippen molar-refractivity contribution in [2.45, 2.75) is 90.3 Å². The number of nitrogens with one attached hydrogen (secondary N) is 1. The van der Waals surface area contributed by atoms with Gasteiger partial charge in [-0.1, -0.05) is 40.0 Å². The molecule has 21 heavy (non-hydrogen) atoms. The van der Waals surface area contributed by atoms with Gasteiger partial charge < -0.3 is 4.90 Å². The van der Waals surface area contributed by atoms with E-state index in [1.807, 2.05) is 0 Å². The van der Waals surface area contributed by atoms with E-state index in [4.69, 9.17) is 0 Å². The molecule has 0 aromatic heterocycles. The van der Waals surface area contributed by atoms with Gasteiger partial charge in [0.25, 0.3) is 0 Å². The molecule has 3 aliphatic rings. The third-order valence-electron chi connectivity index (χ3n) is 5.88. The summed E-state index contributed by atoms with van der Waals surface area (Å²) in [6.45, 7) is 7.81. The van der Waals surface area contributed by atoms with Gasteiger partial charge in [-0.2, -0.15) is 0 Å². The quantitative estimate of drug-likeness (QED) is 0.810. The maximum absolute atomic E-state index is 13.1. The molecule has 3 rings (SSSR count). The number of rotatable bonds is 6. The molecular weight excluding hydrogens is 260 g/mol. The normalized spacial score (nSPS) is 29.8. The van der Waals surface area contributed by atoms with Gasteiger partial charge in [0.2, 0.25) is 5.91 Å². The Morgan fingerprint density at radius 1 is 1.24 bits per heavy atom. The topological polar surface area (TPSA) is 32.3 Å². The Hall–Kier alpha value is -0.570. The number of hydrogen-bond acceptors (Lipinski definition) is 2. The van der Waals surface area contributed by atoms with E-state index >= 15 is 0 Å². The van der Waals surface area contributed by atoms with Gasteiger partial charge in [-0.25, -0.2) is 0 Å². The SMILES string of the molecule is CCCC1(CN2C(=O)C3(CCCC3)NC2CC(C)C)CC1. The van der Waals surface area contributed by atoms with Crippen LogP contribution in [0.2, 0.25) is 0 Å². The van der Waals surface area contributed by atoms with E-state index in [-0.39, 0.29) is 11.7 Å². The first kappa shape index (κ1) is 15.3. The summed E-state index contributed by atoms with van der Waals surface area (Å²) in [5.41, 5.74) is 0.271. The summed E-state index contributed by atoms with van der Waals surface area (Å²) in [7, 11) is 0. The van der Waals surface area contributed by atoms with Crippen LogP contribution in [0.15, 0.2) is 0 Å². The molecule has 1 saturated heterocycles. The Bertz CT molecular complexity index is 394. The smallest absolute Gasteiger partial charge is 0.244 e. The number of nitrogens with zero attached hydrogens (tertiary/aromatic N) is 1. The van der Waals surface area contributed by atoms with Crippen molar-refractivity contribution in [1.82, 2.24) is 10.2 Å². The molecule has 0 aromatic rings. The summed E-state index contributed by atoms with van der Waals surface area (Å²) in [5.74, 6) is 1.06. The van der Waals surface area contributed by atoms with Crippen LogP contribution in [0, 0.1) is 11.3 Å². The van der Waals surface area contributed by atoms with Gasteiger partial charge in [-0.3, -0.25) is 10.1 Å². The second-order valence-electron chi connectivity index (χ2n) is 8.26. The lowest BCUT2D eigenvalue weighted by Crippen LogP contribution is -2.45. The van der Waals surface area contributed by atoms with Gasteiger partial charge in [-0.15, -0.1) is 0 Å². The van der Waals surface area contributed by atoms with Gasteiger partial charge >= 0.3 is 0 Å². The monoisotopic (exact) mass is 292 g/mol. The van der Waals surface area contributed by atoms with Crippen LogP contribution in [0.5, 0.6) is 0 Å². The Morgan fingerprint density at radius 3 is 2.43 bits per heavy atom. The summed E-state index contributed by atoms with van der Waals surface area (Å²) in [6, 6.07) is 0. The zero-order valence-corrected chi connectivity index (χ0v) is 14.1. The molecule has 1 aliphatic heterocycles. The fourth-order valence-electron chi connectivity index (χ4n) is 4.58. The van der Waals surface area contributed by atoms with Crippen LogP contribution >= 0.6 is 0 Å². The fraction of sp³-hybridized carbons (Fsp3) is 0.944. The van der Waals surface area contributed by atoms with Crippen molar-refractivity contribution in [2.24, 2.45) is 11.3 Å². The number of carbonyl (C=O) groups excluding carboxylic acids is 1. The van der Waals surface area contributed by atoms with E-state index < -0.39 is 0 Å². The first-order chi connectivity index (χ1) is 10.0. The van der Waals surface area contributed by atoms with Crippen molar-refractivity contribution < 1.29 is 4.79 Å². The molecule has 120 valence electrons. The average molecular weight is 292 g/mol. The summed E-state index contributed by atoms with van der Waals surface area (Å²) in [5, 5.41) is 3.77. The van der Waals surface area contributed by atoms with E-state index in [0.717, 1.165) is 25.8 Å². The lowest BCUT2D eigenvalue weighted by Gasteiger charge is -2.29. The Kier molecular flexibility index (Phi) is 4.06. The molecule has 0 bridgehead atoms. The minimum atomic E-state index is -0.193. The Labute approximate surface area is 129 Å². The molecule has 0 radical (unpaired) electrons. The van der Waals surface area contributed by atoms with Crippen molar-refractivity contribution in [3.05, 3.63) is 0 Å². The third-order valence-corrected chi connectivity index (χ3v) is 5.88. The highest BCUT2D eigenvalue weighted by Gasteiger charge is 2.55. The first-order valence-electron chi connectivity index (χ1n) is 9.09. The standard InChI is InChI=1S/C18H32N2O/c1-4-7-17(10-11-17)13-20-15(12-14(2)3)19-18(16(20)21)8-5-6-9-18/h14-15,19H,4-13H2,1-3H3. The summed E-state index contributed by atoms with van der Waals surface area (Å²) in [4.78, 5) is 15.3. The number of hydrogen-bond donors (Lipinski definition) is 1. The average Bonchev–Trinajstić information content (AvgIpc) is 2.92. The lowest BCUT2D eigenvalue weighted by atomic mass is 9.96. The molecule has 1 heterocycles. The highest BCUT2D eigenvalue weighted by atomic mass is 16.2. The summed E-state index contributed by atoms with van der Waals surface area (Å²) in [6.07, 6.45) is 11.1. The highest BCUT2D eigenvalue weighted by molar-refractivity contribution is 5.89. The molecule has 2 saturated carbocycles. The maximum atomic E-state index is 13.1. The molecular formula is C18H32N2O. The second kappa shape index (κ2) is 5.57. The van der Waals surface area contributed by atoms with Crippen LogP contribution in [0.25, 0.3) is 0 Å². The molecule has 1 amide bonds. The Balaban J connectivity index is 1.76. The molecule has 1 N–H and O–H groups in total. The molecule has 1 spiro atoms. The van der Waals surface area contributed by atoms with Crippen LogP contribution in [-0.2, 0) is 4.79 Å². The third kappa shape index (κ3) is 2.86. The zero-order chi connectivity index (χ0) is 15.1. The van der Waals surface area contributed by atoms with Crippen LogP contribution < -0.4 is 5.32 Å². The zero-order valence-electron chi connectivity index (χ0n) is 14.1. The van der Waals surface area contributed by atoms with Crippen LogP contribution in [0.3, 0.4) is 0 Å². The van der Waals surface area contributed by atoms with Crippen LogP contribution in [0.4, 0.5) is 0 Å². The maximum Gasteiger partial charge on any atom is 0.244 e. The van der Waals surface area contributed by atoms with E-state index in [9.17, 15) is 4.79 Å². The lowest BCUT2D eigenvalue weighted by molar-refractivity contribution is -0.134. The number of amides is 1. The van der Waals surface area contributed by atoms with Gasteiger partial charge in [-0.05, 0) is 49.9 Å². The first-order valence-corrected chi connectivity index (χ1v) is 9.09. The van der Waals surface area contributed by atoms with E-state index in [1.54, 1.807) is 0 Å². The van der Waals surface area contributed by atoms with Gasteiger partial charge in [0, 0.05) is 6.54 Å². The minimum Gasteiger partial charge on any atom is -0.325 e.